The molecular weight excluding hydrogens is 743 g/mol. The summed E-state index contributed by atoms with van der Waals surface area (Å²) in [6.45, 7) is 0. The van der Waals surface area contributed by atoms with E-state index < -0.39 is 0 Å². The highest BCUT2D eigenvalue weighted by molar-refractivity contribution is 6.11. The molecule has 0 aliphatic heterocycles. The summed E-state index contributed by atoms with van der Waals surface area (Å²) < 4.78 is 6.57. The van der Waals surface area contributed by atoms with Crippen molar-refractivity contribution in [1.82, 2.24) is 15.0 Å². The third-order valence-corrected chi connectivity index (χ3v) is 12.0. The lowest BCUT2D eigenvalue weighted by atomic mass is 9.92. The molecule has 0 atom stereocenters. The molecule has 0 aliphatic rings. The van der Waals surface area contributed by atoms with Crippen molar-refractivity contribution in [3.8, 4) is 67.5 Å². The fourth-order valence-corrected chi connectivity index (χ4v) is 8.98. The molecule has 2 aromatic heterocycles. The first-order valence-electron chi connectivity index (χ1n) is 20.6. The Morgan fingerprint density at radius 3 is 1.49 bits per heavy atom. The quantitative estimate of drug-likeness (QED) is 0.169. The van der Waals surface area contributed by atoms with Crippen molar-refractivity contribution < 1.29 is 4.42 Å². The number of benzene rings is 10. The highest BCUT2D eigenvalue weighted by atomic mass is 16.3. The molecule has 0 spiro atoms. The molecule has 0 N–H and O–H groups in total. The Labute approximate surface area is 352 Å². The van der Waals surface area contributed by atoms with Gasteiger partial charge in [0, 0.05) is 21.9 Å². The molecule has 12 aromatic rings. The first-order valence-corrected chi connectivity index (χ1v) is 20.6. The average Bonchev–Trinajstić information content (AvgIpc) is 3.72. The number of furan rings is 1. The van der Waals surface area contributed by atoms with Crippen molar-refractivity contribution >= 4 is 54.3 Å². The third kappa shape index (κ3) is 5.96. The molecule has 0 saturated heterocycles. The van der Waals surface area contributed by atoms with Gasteiger partial charge < -0.3 is 4.42 Å². The summed E-state index contributed by atoms with van der Waals surface area (Å²) in [5, 5.41) is 8.88. The number of aromatic nitrogens is 3. The SMILES string of the molecule is c1ccc(-c2ccc(-c3ccc4cccc(-c5nc(-c6ccc(-c7cccc8ccccc78)c7ccccc67)nc(-c6cccc7c6oc6ccccc67)n5)c4c3)cc2)cc1. The van der Waals surface area contributed by atoms with E-state index in [0.29, 0.717) is 17.5 Å². The molecule has 0 amide bonds. The molecule has 0 radical (unpaired) electrons. The summed E-state index contributed by atoms with van der Waals surface area (Å²) in [6, 6.07) is 74.7. The number of hydrogen-bond acceptors (Lipinski definition) is 4. The van der Waals surface area contributed by atoms with E-state index in [2.05, 4.69) is 188 Å². The summed E-state index contributed by atoms with van der Waals surface area (Å²) in [5.74, 6) is 1.74. The maximum Gasteiger partial charge on any atom is 0.167 e. The number of nitrogens with zero attached hydrogens (tertiary/aromatic N) is 3. The summed E-state index contributed by atoms with van der Waals surface area (Å²) in [7, 11) is 0. The molecule has 0 bridgehead atoms. The standard InChI is InChI=1S/C57H35N3O/c1-2-13-36(14-3-1)37-27-29-38(30-28-37)41-32-31-40-17-11-24-49(52(40)35-41)55-58-56(60-57(59-55)51-25-12-23-48-47-21-8-9-26-53(47)61-54(48)51)50-34-33-46(44-19-6-7-20-45(44)50)43-22-10-16-39-15-4-5-18-42(39)43/h1-35H. The maximum atomic E-state index is 6.57. The van der Waals surface area contributed by atoms with Gasteiger partial charge >= 0.3 is 0 Å². The van der Waals surface area contributed by atoms with Crippen LogP contribution in [-0.4, -0.2) is 15.0 Å². The Hall–Kier alpha value is -8.21. The van der Waals surface area contributed by atoms with Crippen LogP contribution in [0.5, 0.6) is 0 Å². The Kier molecular flexibility index (Phi) is 8.13. The van der Waals surface area contributed by atoms with Gasteiger partial charge in [0.25, 0.3) is 0 Å². The third-order valence-electron chi connectivity index (χ3n) is 12.0. The fraction of sp³-hybridized carbons (Fsp3) is 0. The van der Waals surface area contributed by atoms with Crippen LogP contribution in [0, 0.1) is 0 Å². The lowest BCUT2D eigenvalue weighted by Crippen LogP contribution is -2.01. The van der Waals surface area contributed by atoms with Gasteiger partial charge in [0.2, 0.25) is 0 Å². The highest BCUT2D eigenvalue weighted by Crippen LogP contribution is 2.41. The van der Waals surface area contributed by atoms with Crippen molar-refractivity contribution in [3.05, 3.63) is 212 Å². The molecule has 4 heteroatoms. The van der Waals surface area contributed by atoms with Crippen LogP contribution in [0.1, 0.15) is 0 Å². The first kappa shape index (κ1) is 34.8. The van der Waals surface area contributed by atoms with Gasteiger partial charge in [0.1, 0.15) is 11.2 Å². The van der Waals surface area contributed by atoms with Crippen molar-refractivity contribution in [2.45, 2.75) is 0 Å². The van der Waals surface area contributed by atoms with Crippen molar-refractivity contribution in [2.75, 3.05) is 0 Å². The molecule has 10 aromatic carbocycles. The Morgan fingerprint density at radius 1 is 0.262 bits per heavy atom. The summed E-state index contributed by atoms with van der Waals surface area (Å²) in [4.78, 5) is 16.0. The van der Waals surface area contributed by atoms with Crippen LogP contribution in [0.3, 0.4) is 0 Å². The minimum atomic E-state index is 0.552. The van der Waals surface area contributed by atoms with E-state index >= 15 is 0 Å². The highest BCUT2D eigenvalue weighted by Gasteiger charge is 2.21. The molecule has 12 rings (SSSR count). The van der Waals surface area contributed by atoms with Gasteiger partial charge in [-0.25, -0.2) is 15.0 Å². The molecule has 2 heterocycles. The van der Waals surface area contributed by atoms with E-state index in [1.165, 1.54) is 27.5 Å². The maximum absolute atomic E-state index is 6.57. The van der Waals surface area contributed by atoms with Crippen LogP contribution in [0.4, 0.5) is 0 Å². The van der Waals surface area contributed by atoms with E-state index in [4.69, 9.17) is 19.4 Å². The second-order valence-corrected chi connectivity index (χ2v) is 15.5. The zero-order valence-corrected chi connectivity index (χ0v) is 33.0. The molecule has 4 nitrogen and oxygen atoms in total. The second kappa shape index (κ2) is 14.3. The Balaban J connectivity index is 1.07. The van der Waals surface area contributed by atoms with Crippen LogP contribution in [0.2, 0.25) is 0 Å². The van der Waals surface area contributed by atoms with Gasteiger partial charge in [-0.05, 0) is 90.0 Å². The topological polar surface area (TPSA) is 51.8 Å². The van der Waals surface area contributed by atoms with Crippen molar-refractivity contribution in [1.29, 1.82) is 0 Å². The van der Waals surface area contributed by atoms with Gasteiger partial charge in [-0.2, -0.15) is 0 Å². The van der Waals surface area contributed by atoms with E-state index in [-0.39, 0.29) is 0 Å². The van der Waals surface area contributed by atoms with E-state index in [1.54, 1.807) is 0 Å². The van der Waals surface area contributed by atoms with Gasteiger partial charge in [-0.15, -0.1) is 0 Å². The van der Waals surface area contributed by atoms with E-state index in [0.717, 1.165) is 76.9 Å². The zero-order valence-electron chi connectivity index (χ0n) is 33.0. The van der Waals surface area contributed by atoms with Crippen LogP contribution in [0.15, 0.2) is 217 Å². The number of para-hydroxylation sites is 2. The molecule has 0 unspecified atom stereocenters. The zero-order chi connectivity index (χ0) is 40.3. The average molecular weight is 778 g/mol. The normalized spacial score (nSPS) is 11.6. The number of hydrogen-bond donors (Lipinski definition) is 0. The molecule has 284 valence electrons. The lowest BCUT2D eigenvalue weighted by Gasteiger charge is -2.15. The largest absolute Gasteiger partial charge is 0.455 e. The number of rotatable bonds is 6. The smallest absolute Gasteiger partial charge is 0.167 e. The fourth-order valence-electron chi connectivity index (χ4n) is 8.98. The predicted octanol–water partition coefficient (Wildman–Crippen LogP) is 15.2. The van der Waals surface area contributed by atoms with Crippen molar-refractivity contribution in [3.63, 3.8) is 0 Å². The van der Waals surface area contributed by atoms with Gasteiger partial charge in [0.05, 0.1) is 5.56 Å². The monoisotopic (exact) mass is 777 g/mol. The molecular formula is C57H35N3O. The van der Waals surface area contributed by atoms with Gasteiger partial charge in [-0.3, -0.25) is 0 Å². The molecule has 0 aliphatic carbocycles. The summed E-state index contributed by atoms with van der Waals surface area (Å²) in [6.07, 6.45) is 0. The van der Waals surface area contributed by atoms with Gasteiger partial charge in [-0.1, -0.05) is 188 Å². The Morgan fingerprint density at radius 2 is 0.721 bits per heavy atom. The summed E-state index contributed by atoms with van der Waals surface area (Å²) in [5.41, 5.74) is 11.3. The molecule has 0 fully saturated rings. The predicted molar refractivity (Wildman–Crippen MR) is 252 cm³/mol. The first-order chi connectivity index (χ1) is 30.2. The minimum absolute atomic E-state index is 0.552. The Bertz CT molecular complexity index is 3640. The van der Waals surface area contributed by atoms with Crippen LogP contribution in [0.25, 0.3) is 122 Å². The minimum Gasteiger partial charge on any atom is -0.455 e. The molecule has 61 heavy (non-hydrogen) atoms. The van der Waals surface area contributed by atoms with Crippen LogP contribution in [-0.2, 0) is 0 Å². The lowest BCUT2D eigenvalue weighted by molar-refractivity contribution is 0.669. The number of fused-ring (bicyclic) bond motifs is 6. The summed E-state index contributed by atoms with van der Waals surface area (Å²) >= 11 is 0. The second-order valence-electron chi connectivity index (χ2n) is 15.5. The van der Waals surface area contributed by atoms with E-state index in [1.807, 2.05) is 24.3 Å². The van der Waals surface area contributed by atoms with Crippen LogP contribution >= 0.6 is 0 Å². The van der Waals surface area contributed by atoms with Crippen molar-refractivity contribution in [2.24, 2.45) is 0 Å². The molecule has 0 saturated carbocycles. The van der Waals surface area contributed by atoms with Gasteiger partial charge in [0.15, 0.2) is 17.5 Å². The van der Waals surface area contributed by atoms with Crippen LogP contribution < -0.4 is 0 Å². The van der Waals surface area contributed by atoms with E-state index in [9.17, 15) is 0 Å².